The zero-order chi connectivity index (χ0) is 11.6. The molecule has 0 aliphatic rings. The molecule has 0 atom stereocenters. The van der Waals surface area contributed by atoms with Crippen LogP contribution in [0, 0.1) is 6.92 Å². The normalized spacial score (nSPS) is 11.5. The van der Waals surface area contributed by atoms with Gasteiger partial charge in [0.25, 0.3) is 0 Å². The molecule has 1 rings (SSSR count). The summed E-state index contributed by atoms with van der Waals surface area (Å²) in [6, 6.07) is 0. The molecule has 0 radical (unpaired) electrons. The molecule has 0 aromatic carbocycles. The Hall–Kier alpha value is -1.43. The molecule has 0 aliphatic heterocycles. The molecule has 1 amide bonds. The van der Waals surface area contributed by atoms with Gasteiger partial charge in [0.1, 0.15) is 5.82 Å². The number of nitrogens with zero attached hydrogens (tertiary/aromatic N) is 3. The summed E-state index contributed by atoms with van der Waals surface area (Å²) in [5.74, 6) is 1.19. The zero-order valence-electron chi connectivity index (χ0n) is 9.53. The highest BCUT2D eigenvalue weighted by Crippen LogP contribution is 2.05. The van der Waals surface area contributed by atoms with Crippen LogP contribution in [0.4, 0.5) is 0 Å². The van der Waals surface area contributed by atoms with E-state index in [4.69, 9.17) is 5.73 Å². The Bertz CT molecular complexity index is 352. The van der Waals surface area contributed by atoms with Crippen molar-refractivity contribution in [2.24, 2.45) is 5.73 Å². The summed E-state index contributed by atoms with van der Waals surface area (Å²) >= 11 is 0. The third-order valence-corrected chi connectivity index (χ3v) is 1.92. The van der Waals surface area contributed by atoms with Crippen LogP contribution in [0.15, 0.2) is 0 Å². The number of aromatic amines is 1. The SMILES string of the molecule is Cc1nc(CN(C)C(=O)C(C)(C)N)n[nH]1. The van der Waals surface area contributed by atoms with E-state index in [9.17, 15) is 4.79 Å². The maximum Gasteiger partial charge on any atom is 0.242 e. The lowest BCUT2D eigenvalue weighted by molar-refractivity contribution is -0.135. The maximum atomic E-state index is 11.7. The molecule has 0 saturated carbocycles. The molecule has 0 aliphatic carbocycles. The number of hydrogen-bond donors (Lipinski definition) is 2. The molecular weight excluding hydrogens is 194 g/mol. The molecule has 1 heterocycles. The molecule has 0 spiro atoms. The molecule has 6 nitrogen and oxygen atoms in total. The van der Waals surface area contributed by atoms with Crippen molar-refractivity contribution >= 4 is 5.91 Å². The number of carbonyl (C=O) groups is 1. The number of rotatable bonds is 3. The minimum atomic E-state index is -0.861. The summed E-state index contributed by atoms with van der Waals surface area (Å²) in [7, 11) is 1.68. The van der Waals surface area contributed by atoms with Gasteiger partial charge in [-0.1, -0.05) is 0 Å². The van der Waals surface area contributed by atoms with E-state index in [-0.39, 0.29) is 5.91 Å². The standard InChI is InChI=1S/C9H17N5O/c1-6-11-7(13-12-6)5-14(4)8(15)9(2,3)10/h5,10H2,1-4H3,(H,11,12,13). The van der Waals surface area contributed by atoms with Crippen LogP contribution < -0.4 is 5.73 Å². The number of aryl methyl sites for hydroxylation is 1. The van der Waals surface area contributed by atoms with Crippen molar-refractivity contribution in [3.63, 3.8) is 0 Å². The Morgan fingerprint density at radius 1 is 1.60 bits per heavy atom. The third-order valence-electron chi connectivity index (χ3n) is 1.92. The highest BCUT2D eigenvalue weighted by Gasteiger charge is 2.26. The predicted molar refractivity (Wildman–Crippen MR) is 55.9 cm³/mol. The molecule has 15 heavy (non-hydrogen) atoms. The van der Waals surface area contributed by atoms with Gasteiger partial charge >= 0.3 is 0 Å². The van der Waals surface area contributed by atoms with E-state index in [0.29, 0.717) is 12.4 Å². The molecule has 84 valence electrons. The first-order valence-corrected chi connectivity index (χ1v) is 4.73. The predicted octanol–water partition coefficient (Wildman–Crippen LogP) is -0.191. The molecular formula is C9H17N5O. The second-order valence-electron chi connectivity index (χ2n) is 4.22. The largest absolute Gasteiger partial charge is 0.337 e. The van der Waals surface area contributed by atoms with E-state index < -0.39 is 5.54 Å². The first kappa shape index (κ1) is 11.6. The highest BCUT2D eigenvalue weighted by molar-refractivity contribution is 5.84. The second-order valence-corrected chi connectivity index (χ2v) is 4.22. The van der Waals surface area contributed by atoms with Gasteiger partial charge in [0.15, 0.2) is 5.82 Å². The first-order valence-electron chi connectivity index (χ1n) is 4.73. The van der Waals surface area contributed by atoms with E-state index in [0.717, 1.165) is 5.82 Å². The summed E-state index contributed by atoms with van der Waals surface area (Å²) < 4.78 is 0. The van der Waals surface area contributed by atoms with E-state index >= 15 is 0 Å². The second kappa shape index (κ2) is 3.98. The molecule has 0 fully saturated rings. The molecule has 0 unspecified atom stereocenters. The van der Waals surface area contributed by atoms with Crippen molar-refractivity contribution < 1.29 is 4.79 Å². The van der Waals surface area contributed by atoms with Crippen molar-refractivity contribution in [2.75, 3.05) is 7.05 Å². The molecule has 0 saturated heterocycles. The lowest BCUT2D eigenvalue weighted by Gasteiger charge is -2.24. The minimum Gasteiger partial charge on any atom is -0.337 e. The number of carbonyl (C=O) groups excluding carboxylic acids is 1. The van der Waals surface area contributed by atoms with E-state index in [1.807, 2.05) is 6.92 Å². The van der Waals surface area contributed by atoms with Gasteiger partial charge in [0, 0.05) is 7.05 Å². The van der Waals surface area contributed by atoms with Crippen molar-refractivity contribution in [3.05, 3.63) is 11.6 Å². The van der Waals surface area contributed by atoms with Crippen molar-refractivity contribution in [1.29, 1.82) is 0 Å². The van der Waals surface area contributed by atoms with Crippen LogP contribution in [0.2, 0.25) is 0 Å². The van der Waals surface area contributed by atoms with Crippen LogP contribution in [0.5, 0.6) is 0 Å². The summed E-state index contributed by atoms with van der Waals surface area (Å²) in [5, 5.41) is 6.67. The number of likely N-dealkylation sites (N-methyl/N-ethyl adjacent to an activating group) is 1. The lowest BCUT2D eigenvalue weighted by Crippen LogP contribution is -2.49. The molecule has 1 aromatic rings. The smallest absolute Gasteiger partial charge is 0.242 e. The van der Waals surface area contributed by atoms with Gasteiger partial charge in [-0.25, -0.2) is 4.98 Å². The minimum absolute atomic E-state index is 0.134. The van der Waals surface area contributed by atoms with Gasteiger partial charge in [-0.2, -0.15) is 5.10 Å². The number of nitrogens with two attached hydrogens (primary N) is 1. The van der Waals surface area contributed by atoms with Gasteiger partial charge in [-0.15, -0.1) is 0 Å². The molecule has 3 N–H and O–H groups in total. The van der Waals surface area contributed by atoms with Gasteiger partial charge in [0.05, 0.1) is 12.1 Å². The van der Waals surface area contributed by atoms with E-state index in [1.54, 1.807) is 20.9 Å². The van der Waals surface area contributed by atoms with Crippen LogP contribution >= 0.6 is 0 Å². The molecule has 1 aromatic heterocycles. The van der Waals surface area contributed by atoms with Crippen LogP contribution in [-0.4, -0.2) is 38.6 Å². The number of amides is 1. The summed E-state index contributed by atoms with van der Waals surface area (Å²) in [5.41, 5.74) is 4.84. The van der Waals surface area contributed by atoms with Crippen LogP contribution in [0.3, 0.4) is 0 Å². The summed E-state index contributed by atoms with van der Waals surface area (Å²) in [6.07, 6.45) is 0. The Morgan fingerprint density at radius 3 is 2.60 bits per heavy atom. The number of aromatic nitrogens is 3. The van der Waals surface area contributed by atoms with Gasteiger partial charge in [0.2, 0.25) is 5.91 Å². The van der Waals surface area contributed by atoms with Crippen LogP contribution in [0.25, 0.3) is 0 Å². The summed E-state index contributed by atoms with van der Waals surface area (Å²) in [6.45, 7) is 5.53. The third kappa shape index (κ3) is 3.02. The highest BCUT2D eigenvalue weighted by atomic mass is 16.2. The van der Waals surface area contributed by atoms with Crippen LogP contribution in [0.1, 0.15) is 25.5 Å². The first-order chi connectivity index (χ1) is 6.80. The Morgan fingerprint density at radius 2 is 2.20 bits per heavy atom. The van der Waals surface area contributed by atoms with Crippen molar-refractivity contribution in [1.82, 2.24) is 20.1 Å². The Kier molecular flexibility index (Phi) is 3.09. The zero-order valence-corrected chi connectivity index (χ0v) is 9.53. The van der Waals surface area contributed by atoms with E-state index in [2.05, 4.69) is 15.2 Å². The van der Waals surface area contributed by atoms with Crippen LogP contribution in [-0.2, 0) is 11.3 Å². The molecule has 6 heteroatoms. The summed E-state index contributed by atoms with van der Waals surface area (Å²) in [4.78, 5) is 17.3. The van der Waals surface area contributed by atoms with Crippen molar-refractivity contribution in [2.45, 2.75) is 32.9 Å². The van der Waals surface area contributed by atoms with Gasteiger partial charge in [-0.05, 0) is 20.8 Å². The maximum absolute atomic E-state index is 11.7. The number of H-pyrrole nitrogens is 1. The number of hydrogen-bond acceptors (Lipinski definition) is 4. The Labute approximate surface area is 88.9 Å². The Balaban J connectivity index is 2.64. The van der Waals surface area contributed by atoms with E-state index in [1.165, 1.54) is 4.90 Å². The average Bonchev–Trinajstić information content (AvgIpc) is 2.48. The quantitative estimate of drug-likeness (QED) is 0.725. The fourth-order valence-corrected chi connectivity index (χ4v) is 1.24. The lowest BCUT2D eigenvalue weighted by atomic mass is 10.1. The monoisotopic (exact) mass is 211 g/mol. The van der Waals surface area contributed by atoms with Gasteiger partial charge in [-0.3, -0.25) is 9.89 Å². The fourth-order valence-electron chi connectivity index (χ4n) is 1.24. The topological polar surface area (TPSA) is 87.9 Å². The number of nitrogens with one attached hydrogen (secondary N) is 1. The van der Waals surface area contributed by atoms with Crippen molar-refractivity contribution in [3.8, 4) is 0 Å². The molecule has 0 bridgehead atoms. The fraction of sp³-hybridized carbons (Fsp3) is 0.667. The average molecular weight is 211 g/mol. The van der Waals surface area contributed by atoms with Gasteiger partial charge < -0.3 is 10.6 Å².